The van der Waals surface area contributed by atoms with E-state index in [1.165, 1.54) is 18.4 Å². The molecular formula is C13H21NO. The second-order valence-electron chi connectivity index (χ2n) is 3.68. The van der Waals surface area contributed by atoms with Gasteiger partial charge < -0.3 is 10.1 Å². The fourth-order valence-corrected chi connectivity index (χ4v) is 1.78. The van der Waals surface area contributed by atoms with Crippen molar-refractivity contribution < 1.29 is 4.74 Å². The number of rotatable bonds is 6. The van der Waals surface area contributed by atoms with E-state index in [4.69, 9.17) is 4.74 Å². The first-order valence-corrected chi connectivity index (χ1v) is 5.69. The quantitative estimate of drug-likeness (QED) is 0.773. The maximum absolute atomic E-state index is 5.23. The summed E-state index contributed by atoms with van der Waals surface area (Å²) in [6, 6.07) is 8.76. The van der Waals surface area contributed by atoms with Crippen LogP contribution in [-0.4, -0.2) is 13.7 Å². The predicted molar refractivity (Wildman–Crippen MR) is 64.3 cm³/mol. The summed E-state index contributed by atoms with van der Waals surface area (Å²) < 4.78 is 5.23. The largest absolute Gasteiger partial charge is 0.497 e. The molecule has 0 aliphatic rings. The molecule has 1 aromatic rings. The smallest absolute Gasteiger partial charge is 0.119 e. The molecule has 1 rings (SSSR count). The van der Waals surface area contributed by atoms with Gasteiger partial charge in [-0.05, 0) is 30.7 Å². The molecule has 0 spiro atoms. The average Bonchev–Trinajstić information content (AvgIpc) is 2.29. The van der Waals surface area contributed by atoms with E-state index in [-0.39, 0.29) is 0 Å². The van der Waals surface area contributed by atoms with Gasteiger partial charge in [-0.2, -0.15) is 0 Å². The minimum absolute atomic E-state index is 0.454. The molecule has 0 amide bonds. The van der Waals surface area contributed by atoms with Gasteiger partial charge in [0.05, 0.1) is 7.11 Å². The third-order valence-corrected chi connectivity index (χ3v) is 2.52. The van der Waals surface area contributed by atoms with E-state index in [0.29, 0.717) is 6.04 Å². The van der Waals surface area contributed by atoms with E-state index in [2.05, 4.69) is 31.3 Å². The monoisotopic (exact) mass is 207 g/mol. The van der Waals surface area contributed by atoms with Crippen LogP contribution >= 0.6 is 0 Å². The Morgan fingerprint density at radius 3 is 2.73 bits per heavy atom. The summed E-state index contributed by atoms with van der Waals surface area (Å²) in [6.45, 7) is 5.36. The molecule has 1 unspecified atom stereocenters. The Morgan fingerprint density at radius 1 is 1.33 bits per heavy atom. The lowest BCUT2D eigenvalue weighted by molar-refractivity contribution is 0.412. The number of ether oxygens (including phenoxy) is 1. The fourth-order valence-electron chi connectivity index (χ4n) is 1.78. The van der Waals surface area contributed by atoms with Crippen molar-refractivity contribution >= 4 is 0 Å². The van der Waals surface area contributed by atoms with Crippen LogP contribution in [0.25, 0.3) is 0 Å². The molecule has 0 aromatic heterocycles. The Kier molecular flexibility index (Phi) is 5.19. The van der Waals surface area contributed by atoms with Crippen molar-refractivity contribution in [1.82, 2.24) is 5.32 Å². The van der Waals surface area contributed by atoms with Gasteiger partial charge in [-0.3, -0.25) is 0 Å². The Labute approximate surface area is 92.6 Å². The minimum Gasteiger partial charge on any atom is -0.497 e. The van der Waals surface area contributed by atoms with Gasteiger partial charge in [0.15, 0.2) is 0 Å². The zero-order valence-corrected chi connectivity index (χ0v) is 9.92. The van der Waals surface area contributed by atoms with Crippen molar-refractivity contribution in [3.63, 3.8) is 0 Å². The normalized spacial score (nSPS) is 12.5. The predicted octanol–water partition coefficient (Wildman–Crippen LogP) is 3.15. The molecule has 84 valence electrons. The third kappa shape index (κ3) is 3.56. The summed E-state index contributed by atoms with van der Waals surface area (Å²) in [7, 11) is 1.71. The third-order valence-electron chi connectivity index (χ3n) is 2.52. The van der Waals surface area contributed by atoms with Gasteiger partial charge in [-0.25, -0.2) is 0 Å². The van der Waals surface area contributed by atoms with Crippen LogP contribution in [-0.2, 0) is 0 Å². The summed E-state index contributed by atoms with van der Waals surface area (Å²) >= 11 is 0. The second-order valence-corrected chi connectivity index (χ2v) is 3.68. The SMILES string of the molecule is CCCC(NCC)c1cccc(OC)c1. The second kappa shape index (κ2) is 6.46. The first-order valence-electron chi connectivity index (χ1n) is 5.69. The van der Waals surface area contributed by atoms with Crippen LogP contribution in [0, 0.1) is 0 Å². The van der Waals surface area contributed by atoms with Gasteiger partial charge in [-0.1, -0.05) is 32.4 Å². The van der Waals surface area contributed by atoms with E-state index in [0.717, 1.165) is 12.3 Å². The Bertz CT molecular complexity index is 280. The number of nitrogens with one attached hydrogen (secondary N) is 1. The van der Waals surface area contributed by atoms with E-state index in [9.17, 15) is 0 Å². The zero-order chi connectivity index (χ0) is 11.1. The van der Waals surface area contributed by atoms with Crippen molar-refractivity contribution in [3.05, 3.63) is 29.8 Å². The number of methoxy groups -OCH3 is 1. The van der Waals surface area contributed by atoms with Gasteiger partial charge in [0, 0.05) is 6.04 Å². The highest BCUT2D eigenvalue weighted by atomic mass is 16.5. The molecule has 0 saturated carbocycles. The number of benzene rings is 1. The van der Waals surface area contributed by atoms with Gasteiger partial charge in [-0.15, -0.1) is 0 Å². The molecule has 1 N–H and O–H groups in total. The van der Waals surface area contributed by atoms with Crippen LogP contribution < -0.4 is 10.1 Å². The maximum Gasteiger partial charge on any atom is 0.119 e. The van der Waals surface area contributed by atoms with Gasteiger partial charge in [0.1, 0.15) is 5.75 Å². The number of hydrogen-bond donors (Lipinski definition) is 1. The molecule has 2 nitrogen and oxygen atoms in total. The molecule has 0 radical (unpaired) electrons. The van der Waals surface area contributed by atoms with E-state index >= 15 is 0 Å². The van der Waals surface area contributed by atoms with Crippen LogP contribution in [0.5, 0.6) is 5.75 Å². The fraction of sp³-hybridized carbons (Fsp3) is 0.538. The van der Waals surface area contributed by atoms with Crippen molar-refractivity contribution in [2.45, 2.75) is 32.7 Å². The highest BCUT2D eigenvalue weighted by molar-refractivity contribution is 5.30. The van der Waals surface area contributed by atoms with E-state index < -0.39 is 0 Å². The van der Waals surface area contributed by atoms with Crippen molar-refractivity contribution in [3.8, 4) is 5.75 Å². The summed E-state index contributed by atoms with van der Waals surface area (Å²) in [5.74, 6) is 0.937. The highest BCUT2D eigenvalue weighted by Crippen LogP contribution is 2.22. The Hall–Kier alpha value is -1.02. The van der Waals surface area contributed by atoms with Crippen LogP contribution in [0.15, 0.2) is 24.3 Å². The molecule has 2 heteroatoms. The number of hydrogen-bond acceptors (Lipinski definition) is 2. The van der Waals surface area contributed by atoms with Gasteiger partial charge in [0.2, 0.25) is 0 Å². The summed E-state index contributed by atoms with van der Waals surface area (Å²) in [5.41, 5.74) is 1.32. The zero-order valence-electron chi connectivity index (χ0n) is 9.92. The van der Waals surface area contributed by atoms with E-state index in [1.807, 2.05) is 12.1 Å². The standard InChI is InChI=1S/C13H21NO/c1-4-7-13(14-5-2)11-8-6-9-12(10-11)15-3/h6,8-10,13-14H,4-5,7H2,1-3H3. The first kappa shape index (κ1) is 12.1. The highest BCUT2D eigenvalue weighted by Gasteiger charge is 2.09. The Morgan fingerprint density at radius 2 is 2.13 bits per heavy atom. The summed E-state index contributed by atoms with van der Waals surface area (Å²) in [6.07, 6.45) is 2.36. The van der Waals surface area contributed by atoms with Crippen LogP contribution in [0.4, 0.5) is 0 Å². The van der Waals surface area contributed by atoms with Crippen molar-refractivity contribution in [1.29, 1.82) is 0 Å². The maximum atomic E-state index is 5.23. The molecule has 0 bridgehead atoms. The lowest BCUT2D eigenvalue weighted by Gasteiger charge is -2.18. The van der Waals surface area contributed by atoms with Crippen LogP contribution in [0.2, 0.25) is 0 Å². The lowest BCUT2D eigenvalue weighted by Crippen LogP contribution is -2.20. The van der Waals surface area contributed by atoms with Gasteiger partial charge in [0.25, 0.3) is 0 Å². The van der Waals surface area contributed by atoms with Gasteiger partial charge >= 0.3 is 0 Å². The Balaban J connectivity index is 2.79. The summed E-state index contributed by atoms with van der Waals surface area (Å²) in [4.78, 5) is 0. The molecule has 0 aliphatic carbocycles. The molecule has 1 atom stereocenters. The molecule has 0 saturated heterocycles. The molecule has 15 heavy (non-hydrogen) atoms. The minimum atomic E-state index is 0.454. The molecule has 1 aromatic carbocycles. The molecular weight excluding hydrogens is 186 g/mol. The topological polar surface area (TPSA) is 21.3 Å². The van der Waals surface area contributed by atoms with Crippen LogP contribution in [0.1, 0.15) is 38.3 Å². The van der Waals surface area contributed by atoms with E-state index in [1.54, 1.807) is 7.11 Å². The average molecular weight is 207 g/mol. The van der Waals surface area contributed by atoms with Crippen LogP contribution in [0.3, 0.4) is 0 Å². The molecule has 0 heterocycles. The molecule has 0 fully saturated rings. The first-order chi connectivity index (χ1) is 7.31. The summed E-state index contributed by atoms with van der Waals surface area (Å²) in [5, 5.41) is 3.50. The molecule has 0 aliphatic heterocycles. The lowest BCUT2D eigenvalue weighted by atomic mass is 10.0. The van der Waals surface area contributed by atoms with Crippen molar-refractivity contribution in [2.75, 3.05) is 13.7 Å². The van der Waals surface area contributed by atoms with Crippen molar-refractivity contribution in [2.24, 2.45) is 0 Å².